The summed E-state index contributed by atoms with van der Waals surface area (Å²) in [6.07, 6.45) is 1.09. The second-order valence-corrected chi connectivity index (χ2v) is 6.77. The quantitative estimate of drug-likeness (QED) is 0.841. The smallest absolute Gasteiger partial charge is 0.246 e. The van der Waals surface area contributed by atoms with E-state index in [9.17, 15) is 9.59 Å². The summed E-state index contributed by atoms with van der Waals surface area (Å²) in [6, 6.07) is 3.63. The Bertz CT molecular complexity index is 461. The predicted molar refractivity (Wildman–Crippen MR) is 74.3 cm³/mol. The van der Waals surface area contributed by atoms with E-state index in [2.05, 4.69) is 21.2 Å². The first-order valence-electron chi connectivity index (χ1n) is 5.93. The molecular formula is C12H15BrN2O2S. The monoisotopic (exact) mass is 330 g/mol. The van der Waals surface area contributed by atoms with E-state index < -0.39 is 0 Å². The maximum absolute atomic E-state index is 12.0. The lowest BCUT2D eigenvalue weighted by Crippen LogP contribution is -2.38. The number of rotatable bonds is 5. The molecule has 0 spiro atoms. The number of thiophene rings is 1. The van der Waals surface area contributed by atoms with Gasteiger partial charge in [0.2, 0.25) is 11.8 Å². The van der Waals surface area contributed by atoms with Gasteiger partial charge in [0.05, 0.1) is 16.2 Å². The van der Waals surface area contributed by atoms with Crippen LogP contribution in [0.1, 0.15) is 24.6 Å². The van der Waals surface area contributed by atoms with Gasteiger partial charge < -0.3 is 5.32 Å². The maximum atomic E-state index is 12.0. The Labute approximate surface area is 118 Å². The van der Waals surface area contributed by atoms with Crippen LogP contribution in [0.2, 0.25) is 0 Å². The van der Waals surface area contributed by atoms with Gasteiger partial charge in [-0.2, -0.15) is 0 Å². The van der Waals surface area contributed by atoms with Crippen LogP contribution < -0.4 is 5.32 Å². The Balaban J connectivity index is 1.91. The fourth-order valence-electron chi connectivity index (χ4n) is 1.97. The average molecular weight is 331 g/mol. The van der Waals surface area contributed by atoms with Crippen LogP contribution in [0.4, 0.5) is 0 Å². The van der Waals surface area contributed by atoms with Gasteiger partial charge in [0.1, 0.15) is 0 Å². The van der Waals surface area contributed by atoms with Gasteiger partial charge in [-0.25, -0.2) is 0 Å². The fourth-order valence-corrected chi connectivity index (χ4v) is 3.41. The van der Waals surface area contributed by atoms with E-state index in [1.807, 2.05) is 19.1 Å². The van der Waals surface area contributed by atoms with Gasteiger partial charge in [0.15, 0.2) is 0 Å². The SMILES string of the molecule is CCCN1C(=O)CC(NCc2ccc(Br)s2)C1=O. The molecule has 2 amide bonds. The molecule has 1 fully saturated rings. The molecule has 6 heteroatoms. The molecule has 1 aromatic heterocycles. The highest BCUT2D eigenvalue weighted by molar-refractivity contribution is 9.11. The summed E-state index contributed by atoms with van der Waals surface area (Å²) in [4.78, 5) is 26.1. The summed E-state index contributed by atoms with van der Waals surface area (Å²) < 4.78 is 1.07. The number of carbonyl (C=O) groups excluding carboxylic acids is 2. The number of nitrogens with one attached hydrogen (secondary N) is 1. The van der Waals surface area contributed by atoms with Crippen molar-refractivity contribution in [1.29, 1.82) is 0 Å². The third-order valence-corrected chi connectivity index (χ3v) is 4.47. The normalized spacial score (nSPS) is 19.9. The van der Waals surface area contributed by atoms with Crippen LogP contribution in [0.25, 0.3) is 0 Å². The summed E-state index contributed by atoms with van der Waals surface area (Å²) in [5.74, 6) is -0.149. The van der Waals surface area contributed by atoms with E-state index in [1.54, 1.807) is 11.3 Å². The van der Waals surface area contributed by atoms with Crippen LogP contribution in [0.3, 0.4) is 0 Å². The van der Waals surface area contributed by atoms with Gasteiger partial charge >= 0.3 is 0 Å². The molecule has 1 aromatic rings. The van der Waals surface area contributed by atoms with Crippen molar-refractivity contribution in [3.63, 3.8) is 0 Å². The molecule has 98 valence electrons. The minimum atomic E-state index is -0.357. The van der Waals surface area contributed by atoms with Crippen LogP contribution in [-0.2, 0) is 16.1 Å². The standard InChI is InChI=1S/C12H15BrN2O2S/c1-2-5-15-11(16)6-9(12(15)17)14-7-8-3-4-10(13)18-8/h3-4,9,14H,2,5-7H2,1H3. The zero-order valence-electron chi connectivity index (χ0n) is 10.1. The average Bonchev–Trinajstić information content (AvgIpc) is 2.86. The van der Waals surface area contributed by atoms with Gasteiger partial charge in [0.25, 0.3) is 0 Å². The molecule has 0 radical (unpaired) electrons. The molecule has 1 N–H and O–H groups in total. The van der Waals surface area contributed by atoms with Crippen molar-refractivity contribution >= 4 is 39.1 Å². The zero-order chi connectivity index (χ0) is 13.1. The molecule has 0 aromatic carbocycles. The third kappa shape index (κ3) is 2.99. The first kappa shape index (κ1) is 13.7. The van der Waals surface area contributed by atoms with E-state index in [1.165, 1.54) is 4.90 Å². The lowest BCUT2D eigenvalue weighted by molar-refractivity contribution is -0.138. The van der Waals surface area contributed by atoms with Gasteiger partial charge in [-0.3, -0.25) is 14.5 Å². The Hall–Kier alpha value is -0.720. The lowest BCUT2D eigenvalue weighted by Gasteiger charge is -2.13. The van der Waals surface area contributed by atoms with E-state index in [-0.39, 0.29) is 24.3 Å². The number of likely N-dealkylation sites (tertiary alicyclic amines) is 1. The Morgan fingerprint density at radius 2 is 2.28 bits per heavy atom. The Morgan fingerprint density at radius 1 is 1.50 bits per heavy atom. The molecule has 0 saturated carbocycles. The van der Waals surface area contributed by atoms with Crippen molar-refractivity contribution in [2.75, 3.05) is 6.54 Å². The molecule has 1 aliphatic rings. The molecule has 2 rings (SSSR count). The highest BCUT2D eigenvalue weighted by Crippen LogP contribution is 2.22. The topological polar surface area (TPSA) is 49.4 Å². The molecule has 2 heterocycles. The molecule has 0 aliphatic carbocycles. The maximum Gasteiger partial charge on any atom is 0.246 e. The van der Waals surface area contributed by atoms with Crippen molar-refractivity contribution in [1.82, 2.24) is 10.2 Å². The lowest BCUT2D eigenvalue weighted by atomic mass is 10.2. The van der Waals surface area contributed by atoms with Crippen LogP contribution in [0, 0.1) is 0 Å². The number of imide groups is 1. The summed E-state index contributed by atoms with van der Waals surface area (Å²) in [5, 5.41) is 3.16. The third-order valence-electron chi connectivity index (χ3n) is 2.84. The molecule has 1 unspecified atom stereocenters. The minimum Gasteiger partial charge on any atom is -0.300 e. The molecule has 1 aliphatic heterocycles. The van der Waals surface area contributed by atoms with Gasteiger partial charge in [0, 0.05) is 18.0 Å². The summed E-state index contributed by atoms with van der Waals surface area (Å²) in [5.41, 5.74) is 0. The van der Waals surface area contributed by atoms with Gasteiger partial charge in [-0.15, -0.1) is 11.3 Å². The Morgan fingerprint density at radius 3 is 2.89 bits per heavy atom. The number of hydrogen-bond acceptors (Lipinski definition) is 4. The van der Waals surface area contributed by atoms with Gasteiger partial charge in [-0.05, 0) is 34.5 Å². The first-order chi connectivity index (χ1) is 8.61. The largest absolute Gasteiger partial charge is 0.300 e. The van der Waals surface area contributed by atoms with Crippen LogP contribution in [-0.4, -0.2) is 29.3 Å². The molecule has 1 atom stereocenters. The van der Waals surface area contributed by atoms with Crippen molar-refractivity contribution in [2.24, 2.45) is 0 Å². The van der Waals surface area contributed by atoms with Crippen molar-refractivity contribution in [3.05, 3.63) is 20.8 Å². The fraction of sp³-hybridized carbons (Fsp3) is 0.500. The number of halogens is 1. The van der Waals surface area contributed by atoms with Crippen LogP contribution in [0.15, 0.2) is 15.9 Å². The van der Waals surface area contributed by atoms with Crippen molar-refractivity contribution in [3.8, 4) is 0 Å². The van der Waals surface area contributed by atoms with E-state index in [4.69, 9.17) is 0 Å². The zero-order valence-corrected chi connectivity index (χ0v) is 12.5. The highest BCUT2D eigenvalue weighted by atomic mass is 79.9. The summed E-state index contributed by atoms with van der Waals surface area (Å²) >= 11 is 5.03. The second-order valence-electron chi connectivity index (χ2n) is 4.23. The van der Waals surface area contributed by atoms with Crippen molar-refractivity contribution in [2.45, 2.75) is 32.4 Å². The first-order valence-corrected chi connectivity index (χ1v) is 7.54. The molecular weight excluding hydrogens is 316 g/mol. The van der Waals surface area contributed by atoms with Crippen LogP contribution in [0.5, 0.6) is 0 Å². The predicted octanol–water partition coefficient (Wildman–Crippen LogP) is 2.14. The van der Waals surface area contributed by atoms with Crippen LogP contribution >= 0.6 is 27.3 Å². The summed E-state index contributed by atoms with van der Waals surface area (Å²) in [6.45, 7) is 3.12. The molecule has 4 nitrogen and oxygen atoms in total. The van der Waals surface area contributed by atoms with E-state index >= 15 is 0 Å². The van der Waals surface area contributed by atoms with Gasteiger partial charge in [-0.1, -0.05) is 6.92 Å². The molecule has 18 heavy (non-hydrogen) atoms. The van der Waals surface area contributed by atoms with Crippen molar-refractivity contribution < 1.29 is 9.59 Å². The highest BCUT2D eigenvalue weighted by Gasteiger charge is 2.37. The Kier molecular flexibility index (Phi) is 4.53. The number of carbonyl (C=O) groups is 2. The minimum absolute atomic E-state index is 0.0632. The molecule has 0 bridgehead atoms. The number of nitrogens with zero attached hydrogens (tertiary/aromatic N) is 1. The van der Waals surface area contributed by atoms with E-state index in [0.29, 0.717) is 13.1 Å². The number of hydrogen-bond donors (Lipinski definition) is 1. The summed E-state index contributed by atoms with van der Waals surface area (Å²) in [7, 11) is 0. The number of amides is 2. The second kappa shape index (κ2) is 5.95. The van der Waals surface area contributed by atoms with E-state index in [0.717, 1.165) is 15.1 Å². The molecule has 1 saturated heterocycles.